The lowest BCUT2D eigenvalue weighted by Crippen LogP contribution is -2.31. The molecule has 0 aliphatic rings. The summed E-state index contributed by atoms with van der Waals surface area (Å²) in [4.78, 5) is 0. The third kappa shape index (κ3) is 4.97. The second kappa shape index (κ2) is 9.69. The smallest absolute Gasteiger partial charge is 0.126 e. The lowest BCUT2D eigenvalue weighted by molar-refractivity contribution is 1.19. The van der Waals surface area contributed by atoms with E-state index in [1.807, 2.05) is 6.08 Å². The SMILES string of the molecule is CC[Si](C#CC=C=C(Cl)[Si](CC)(CC)CC)(CC)CC. The monoisotopic (exact) mass is 326 g/mol. The van der Waals surface area contributed by atoms with E-state index in [-0.39, 0.29) is 0 Å². The van der Waals surface area contributed by atoms with Crippen LogP contribution >= 0.6 is 11.6 Å². The van der Waals surface area contributed by atoms with Crippen LogP contribution in [-0.2, 0) is 0 Å². The van der Waals surface area contributed by atoms with Gasteiger partial charge in [0.15, 0.2) is 0 Å². The van der Waals surface area contributed by atoms with Gasteiger partial charge in [0, 0.05) is 10.7 Å². The van der Waals surface area contributed by atoms with Crippen LogP contribution in [0.1, 0.15) is 41.5 Å². The molecule has 0 spiro atoms. The fourth-order valence-corrected chi connectivity index (χ4v) is 9.15. The van der Waals surface area contributed by atoms with Crippen LogP contribution in [0, 0.1) is 11.5 Å². The van der Waals surface area contributed by atoms with Gasteiger partial charge in [0.2, 0.25) is 0 Å². The Balaban J connectivity index is 5.26. The van der Waals surface area contributed by atoms with Crippen LogP contribution in [-0.4, -0.2) is 16.1 Å². The molecule has 0 N–H and O–H groups in total. The molecule has 20 heavy (non-hydrogen) atoms. The fraction of sp³-hybridized carbons (Fsp3) is 0.706. The molecule has 0 aromatic rings. The molecule has 0 aliphatic carbocycles. The summed E-state index contributed by atoms with van der Waals surface area (Å²) in [6.45, 7) is 13.6. The van der Waals surface area contributed by atoms with Gasteiger partial charge >= 0.3 is 0 Å². The van der Waals surface area contributed by atoms with Gasteiger partial charge in [-0.2, -0.15) is 0 Å². The van der Waals surface area contributed by atoms with Crippen molar-refractivity contribution in [1.82, 2.24) is 0 Å². The average Bonchev–Trinajstić information content (AvgIpc) is 2.50. The zero-order chi connectivity index (χ0) is 15.6. The van der Waals surface area contributed by atoms with Gasteiger partial charge in [0.05, 0.1) is 0 Å². The summed E-state index contributed by atoms with van der Waals surface area (Å²) in [5, 5.41) is 0. The molecular weight excluding hydrogens is 296 g/mol. The van der Waals surface area contributed by atoms with Gasteiger partial charge in [0.1, 0.15) is 16.1 Å². The number of hydrogen-bond donors (Lipinski definition) is 0. The van der Waals surface area contributed by atoms with Crippen LogP contribution in [0.15, 0.2) is 16.5 Å². The van der Waals surface area contributed by atoms with Crippen molar-refractivity contribution in [3.63, 3.8) is 0 Å². The summed E-state index contributed by atoms with van der Waals surface area (Å²) in [5.41, 5.74) is 6.85. The molecule has 0 aromatic heterocycles. The Morgan fingerprint density at radius 1 is 0.850 bits per heavy atom. The van der Waals surface area contributed by atoms with Gasteiger partial charge in [-0.15, -0.1) is 11.3 Å². The van der Waals surface area contributed by atoms with Gasteiger partial charge in [-0.25, -0.2) is 0 Å². The molecule has 0 radical (unpaired) electrons. The van der Waals surface area contributed by atoms with Crippen LogP contribution in [0.5, 0.6) is 0 Å². The Morgan fingerprint density at radius 3 is 1.65 bits per heavy atom. The molecule has 0 saturated carbocycles. The van der Waals surface area contributed by atoms with E-state index in [1.54, 1.807) is 0 Å². The minimum atomic E-state index is -1.46. The van der Waals surface area contributed by atoms with E-state index >= 15 is 0 Å². The van der Waals surface area contributed by atoms with E-state index in [0.717, 1.165) is 4.66 Å². The topological polar surface area (TPSA) is 0 Å². The highest BCUT2D eigenvalue weighted by atomic mass is 35.5. The first-order chi connectivity index (χ1) is 9.49. The summed E-state index contributed by atoms with van der Waals surface area (Å²) in [7, 11) is -2.79. The van der Waals surface area contributed by atoms with Crippen molar-refractivity contribution in [3.8, 4) is 11.5 Å². The lowest BCUT2D eigenvalue weighted by Gasteiger charge is -2.25. The zero-order valence-electron chi connectivity index (χ0n) is 14.2. The number of halogens is 1. The summed E-state index contributed by atoms with van der Waals surface area (Å²) in [5.74, 6) is 3.25. The minimum Gasteiger partial charge on any atom is -0.126 e. The third-order valence-electron chi connectivity index (χ3n) is 5.13. The maximum Gasteiger partial charge on any atom is 0.138 e. The zero-order valence-corrected chi connectivity index (χ0v) is 17.0. The molecule has 0 unspecified atom stereocenters. The second-order valence-corrected chi connectivity index (χ2v) is 16.4. The number of hydrogen-bond acceptors (Lipinski definition) is 0. The van der Waals surface area contributed by atoms with Gasteiger partial charge in [-0.3, -0.25) is 0 Å². The van der Waals surface area contributed by atoms with Gasteiger partial charge in [-0.1, -0.05) is 77.2 Å². The third-order valence-corrected chi connectivity index (χ3v) is 16.3. The number of allylic oxidation sites excluding steroid dienone is 1. The Morgan fingerprint density at radius 2 is 1.30 bits per heavy atom. The first kappa shape index (κ1) is 19.8. The van der Waals surface area contributed by atoms with E-state index in [9.17, 15) is 0 Å². The Hall–Kier alpha value is -0.196. The van der Waals surface area contributed by atoms with Crippen molar-refractivity contribution in [3.05, 3.63) is 16.5 Å². The molecule has 0 fully saturated rings. The van der Waals surface area contributed by atoms with Crippen LogP contribution in [0.3, 0.4) is 0 Å². The van der Waals surface area contributed by atoms with E-state index in [2.05, 4.69) is 58.7 Å². The predicted molar refractivity (Wildman–Crippen MR) is 99.6 cm³/mol. The molecule has 0 bridgehead atoms. The molecule has 0 saturated heterocycles. The van der Waals surface area contributed by atoms with E-state index < -0.39 is 16.1 Å². The molecule has 0 aliphatic heterocycles. The highest BCUT2D eigenvalue weighted by Crippen LogP contribution is 2.30. The van der Waals surface area contributed by atoms with Crippen molar-refractivity contribution < 1.29 is 0 Å². The Kier molecular flexibility index (Phi) is 9.59. The van der Waals surface area contributed by atoms with E-state index in [1.165, 1.54) is 36.3 Å². The average molecular weight is 327 g/mol. The van der Waals surface area contributed by atoms with Crippen molar-refractivity contribution in [2.24, 2.45) is 0 Å². The quantitative estimate of drug-likeness (QED) is 0.290. The molecule has 114 valence electrons. The van der Waals surface area contributed by atoms with E-state index in [0.29, 0.717) is 0 Å². The molecule has 0 amide bonds. The lowest BCUT2D eigenvalue weighted by atomic mass is 10.6. The Bertz CT molecular complexity index is 384. The van der Waals surface area contributed by atoms with Gasteiger partial charge in [-0.05, 0) is 18.1 Å². The largest absolute Gasteiger partial charge is 0.138 e. The molecule has 0 rings (SSSR count). The highest BCUT2D eigenvalue weighted by molar-refractivity contribution is 6.93. The van der Waals surface area contributed by atoms with Crippen LogP contribution in [0.25, 0.3) is 0 Å². The summed E-state index contributed by atoms with van der Waals surface area (Å²) in [6.07, 6.45) is 1.88. The maximum atomic E-state index is 6.54. The van der Waals surface area contributed by atoms with Crippen LogP contribution in [0.4, 0.5) is 0 Å². The maximum absolute atomic E-state index is 6.54. The van der Waals surface area contributed by atoms with Crippen molar-refractivity contribution in [2.75, 3.05) is 0 Å². The standard InChI is InChI=1S/C17H31ClSi2/c1-7-19(8-2,9-3)16-14-13-15-17(18)20(10-4,11-5)12-6/h13H,7-12H2,1-6H3. The number of rotatable bonds is 7. The molecule has 0 aromatic carbocycles. The molecular formula is C17H31ClSi2. The van der Waals surface area contributed by atoms with E-state index in [4.69, 9.17) is 11.6 Å². The Labute approximate surface area is 133 Å². The van der Waals surface area contributed by atoms with Crippen LogP contribution in [0.2, 0.25) is 36.3 Å². The normalized spacial score (nSPS) is 11.3. The predicted octanol–water partition coefficient (Wildman–Crippen LogP) is 6.36. The fourth-order valence-electron chi connectivity index (χ4n) is 2.67. The van der Waals surface area contributed by atoms with Crippen molar-refractivity contribution in [1.29, 1.82) is 0 Å². The summed E-state index contributed by atoms with van der Waals surface area (Å²) >= 11 is 6.54. The highest BCUT2D eigenvalue weighted by Gasteiger charge is 2.30. The minimum absolute atomic E-state index is 0.982. The second-order valence-electron chi connectivity index (χ2n) is 5.55. The first-order valence-corrected chi connectivity index (χ1v) is 13.8. The van der Waals surface area contributed by atoms with Gasteiger partial charge in [0.25, 0.3) is 0 Å². The van der Waals surface area contributed by atoms with Crippen molar-refractivity contribution in [2.45, 2.75) is 77.8 Å². The summed E-state index contributed by atoms with van der Waals surface area (Å²) in [6, 6.07) is 7.33. The van der Waals surface area contributed by atoms with Crippen LogP contribution < -0.4 is 0 Å². The molecule has 3 heteroatoms. The molecule has 0 nitrogen and oxygen atoms in total. The first-order valence-electron chi connectivity index (χ1n) is 8.13. The van der Waals surface area contributed by atoms with Gasteiger partial charge < -0.3 is 0 Å². The molecule has 0 atom stereocenters. The molecule has 0 heterocycles. The van der Waals surface area contributed by atoms with Crippen molar-refractivity contribution >= 4 is 27.7 Å². The summed E-state index contributed by atoms with van der Waals surface area (Å²) < 4.78 is 0.982.